The quantitative estimate of drug-likeness (QED) is 0.663. The summed E-state index contributed by atoms with van der Waals surface area (Å²) >= 11 is 5.31. The second-order valence-electron chi connectivity index (χ2n) is 2.19. The van der Waals surface area contributed by atoms with E-state index in [1.54, 1.807) is 0 Å². The second kappa shape index (κ2) is 3.33. The van der Waals surface area contributed by atoms with E-state index < -0.39 is 11.7 Å². The molecule has 0 saturated carbocycles. The fourth-order valence-corrected chi connectivity index (χ4v) is 0.796. The standard InChI is InChI=1S/C7H4ClF3N2/c1-4(7(9,10)11)5-2-3-12-6(8)13-5/h2-3H,1H2. The first-order valence-electron chi connectivity index (χ1n) is 3.16. The van der Waals surface area contributed by atoms with E-state index in [1.165, 1.54) is 0 Å². The number of nitrogens with zero attached hydrogens (tertiary/aromatic N) is 2. The number of rotatable bonds is 1. The maximum absolute atomic E-state index is 12.1. The van der Waals surface area contributed by atoms with Crippen LogP contribution < -0.4 is 0 Å². The molecule has 0 spiro atoms. The summed E-state index contributed by atoms with van der Waals surface area (Å²) < 4.78 is 36.2. The largest absolute Gasteiger partial charge is 0.417 e. The molecular weight excluding hydrogens is 205 g/mol. The van der Waals surface area contributed by atoms with E-state index >= 15 is 0 Å². The summed E-state index contributed by atoms with van der Waals surface area (Å²) in [7, 11) is 0. The zero-order valence-electron chi connectivity index (χ0n) is 6.27. The third-order valence-electron chi connectivity index (χ3n) is 1.28. The highest BCUT2D eigenvalue weighted by Crippen LogP contribution is 2.30. The molecule has 13 heavy (non-hydrogen) atoms. The predicted molar refractivity (Wildman–Crippen MR) is 42.1 cm³/mol. The van der Waals surface area contributed by atoms with Gasteiger partial charge in [-0.2, -0.15) is 13.2 Å². The summed E-state index contributed by atoms with van der Waals surface area (Å²) in [6, 6.07) is 1.10. The van der Waals surface area contributed by atoms with Gasteiger partial charge in [0.15, 0.2) is 0 Å². The summed E-state index contributed by atoms with van der Waals surface area (Å²) in [5.74, 6) is 0. The molecule has 0 amide bonds. The molecule has 1 rings (SSSR count). The van der Waals surface area contributed by atoms with Gasteiger partial charge in [0, 0.05) is 6.20 Å². The Bertz CT molecular complexity index is 335. The molecule has 1 heterocycles. The lowest BCUT2D eigenvalue weighted by Crippen LogP contribution is -2.10. The molecule has 0 aliphatic rings. The Morgan fingerprint density at radius 2 is 2.08 bits per heavy atom. The van der Waals surface area contributed by atoms with Crippen molar-refractivity contribution in [1.29, 1.82) is 0 Å². The third kappa shape index (κ3) is 2.42. The molecule has 0 aliphatic heterocycles. The van der Waals surface area contributed by atoms with Crippen molar-refractivity contribution in [2.45, 2.75) is 6.18 Å². The zero-order chi connectivity index (χ0) is 10.1. The molecule has 2 nitrogen and oxygen atoms in total. The molecule has 0 aliphatic carbocycles. The van der Waals surface area contributed by atoms with E-state index in [0.29, 0.717) is 0 Å². The molecular formula is C7H4ClF3N2. The van der Waals surface area contributed by atoms with Crippen LogP contribution in [0.4, 0.5) is 13.2 Å². The van der Waals surface area contributed by atoms with Gasteiger partial charge in [0.1, 0.15) is 0 Å². The van der Waals surface area contributed by atoms with Crippen LogP contribution in [-0.4, -0.2) is 16.1 Å². The smallest absolute Gasteiger partial charge is 0.226 e. The molecule has 0 N–H and O–H groups in total. The molecule has 0 fully saturated rings. The van der Waals surface area contributed by atoms with Crippen LogP contribution in [0, 0.1) is 0 Å². The molecule has 70 valence electrons. The summed E-state index contributed by atoms with van der Waals surface area (Å²) in [5.41, 5.74) is -1.34. The van der Waals surface area contributed by atoms with E-state index in [1.807, 2.05) is 0 Å². The van der Waals surface area contributed by atoms with E-state index in [9.17, 15) is 13.2 Å². The average Bonchev–Trinajstić information content (AvgIpc) is 2.01. The summed E-state index contributed by atoms with van der Waals surface area (Å²) in [4.78, 5) is 6.82. The highest BCUT2D eigenvalue weighted by Gasteiger charge is 2.33. The maximum atomic E-state index is 12.1. The molecule has 0 unspecified atom stereocenters. The minimum atomic E-state index is -4.49. The number of alkyl halides is 3. The Labute approximate surface area is 77.1 Å². The van der Waals surface area contributed by atoms with E-state index in [4.69, 9.17) is 11.6 Å². The normalized spacial score (nSPS) is 11.4. The monoisotopic (exact) mass is 208 g/mol. The van der Waals surface area contributed by atoms with Gasteiger partial charge in [0.25, 0.3) is 0 Å². The van der Waals surface area contributed by atoms with Gasteiger partial charge in [-0.1, -0.05) is 6.58 Å². The Morgan fingerprint density at radius 1 is 1.46 bits per heavy atom. The zero-order valence-corrected chi connectivity index (χ0v) is 7.02. The predicted octanol–water partition coefficient (Wildman–Crippen LogP) is 2.71. The van der Waals surface area contributed by atoms with Gasteiger partial charge in [-0.05, 0) is 17.7 Å². The molecule has 0 aromatic carbocycles. The fourth-order valence-electron chi connectivity index (χ4n) is 0.648. The van der Waals surface area contributed by atoms with Gasteiger partial charge in [-0.3, -0.25) is 0 Å². The number of hydrogen-bond acceptors (Lipinski definition) is 2. The van der Waals surface area contributed by atoms with Crippen molar-refractivity contribution in [3.8, 4) is 0 Å². The second-order valence-corrected chi connectivity index (χ2v) is 2.53. The van der Waals surface area contributed by atoms with E-state index in [0.717, 1.165) is 12.3 Å². The topological polar surface area (TPSA) is 25.8 Å². The maximum Gasteiger partial charge on any atom is 0.417 e. The number of allylic oxidation sites excluding steroid dienone is 1. The lowest BCUT2D eigenvalue weighted by molar-refractivity contribution is -0.0688. The summed E-state index contributed by atoms with van der Waals surface area (Å²) in [6.45, 7) is 2.86. The van der Waals surface area contributed by atoms with Crippen LogP contribution in [-0.2, 0) is 0 Å². The van der Waals surface area contributed by atoms with Crippen molar-refractivity contribution >= 4 is 17.2 Å². The number of halogens is 4. The first kappa shape index (κ1) is 9.98. The molecule has 0 atom stereocenters. The van der Waals surface area contributed by atoms with Crippen LogP contribution in [0.15, 0.2) is 18.8 Å². The van der Waals surface area contributed by atoms with Crippen molar-refractivity contribution in [3.05, 3.63) is 29.8 Å². The van der Waals surface area contributed by atoms with Gasteiger partial charge in [-0.25, -0.2) is 9.97 Å². The third-order valence-corrected chi connectivity index (χ3v) is 1.46. The van der Waals surface area contributed by atoms with Crippen LogP contribution in [0.1, 0.15) is 5.69 Å². The molecule has 0 saturated heterocycles. The van der Waals surface area contributed by atoms with Gasteiger partial charge in [0.2, 0.25) is 5.28 Å². The van der Waals surface area contributed by atoms with Crippen molar-refractivity contribution in [1.82, 2.24) is 9.97 Å². The summed E-state index contributed by atoms with van der Waals surface area (Å²) in [6.07, 6.45) is -3.35. The highest BCUT2D eigenvalue weighted by molar-refractivity contribution is 6.28. The fraction of sp³-hybridized carbons (Fsp3) is 0.143. The number of hydrogen-bond donors (Lipinski definition) is 0. The van der Waals surface area contributed by atoms with Crippen molar-refractivity contribution in [2.75, 3.05) is 0 Å². The van der Waals surface area contributed by atoms with Gasteiger partial charge in [0.05, 0.1) is 11.3 Å². The Kier molecular flexibility index (Phi) is 2.56. The van der Waals surface area contributed by atoms with Gasteiger partial charge in [-0.15, -0.1) is 0 Å². The molecule has 0 radical (unpaired) electrons. The van der Waals surface area contributed by atoms with Crippen LogP contribution >= 0.6 is 11.6 Å². The van der Waals surface area contributed by atoms with Crippen LogP contribution in [0.25, 0.3) is 5.57 Å². The summed E-state index contributed by atoms with van der Waals surface area (Å²) in [5, 5.41) is -0.233. The van der Waals surface area contributed by atoms with Crippen molar-refractivity contribution in [3.63, 3.8) is 0 Å². The van der Waals surface area contributed by atoms with Gasteiger partial charge < -0.3 is 0 Å². The van der Waals surface area contributed by atoms with Crippen LogP contribution in [0.3, 0.4) is 0 Å². The first-order chi connectivity index (χ1) is 5.91. The van der Waals surface area contributed by atoms with E-state index in [-0.39, 0.29) is 11.0 Å². The van der Waals surface area contributed by atoms with Crippen molar-refractivity contribution < 1.29 is 13.2 Å². The minimum Gasteiger partial charge on any atom is -0.226 e. The Morgan fingerprint density at radius 3 is 2.54 bits per heavy atom. The Balaban J connectivity index is 3.03. The molecule has 1 aromatic heterocycles. The highest BCUT2D eigenvalue weighted by atomic mass is 35.5. The SMILES string of the molecule is C=C(c1ccnc(Cl)n1)C(F)(F)F. The van der Waals surface area contributed by atoms with Crippen LogP contribution in [0.2, 0.25) is 5.28 Å². The molecule has 6 heteroatoms. The van der Waals surface area contributed by atoms with Crippen molar-refractivity contribution in [2.24, 2.45) is 0 Å². The molecule has 1 aromatic rings. The van der Waals surface area contributed by atoms with Gasteiger partial charge >= 0.3 is 6.18 Å². The lowest BCUT2D eigenvalue weighted by Gasteiger charge is -2.08. The van der Waals surface area contributed by atoms with Crippen LogP contribution in [0.5, 0.6) is 0 Å². The van der Waals surface area contributed by atoms with E-state index in [2.05, 4.69) is 16.5 Å². The first-order valence-corrected chi connectivity index (χ1v) is 3.54. The lowest BCUT2D eigenvalue weighted by atomic mass is 10.2. The Hall–Kier alpha value is -1.10. The molecule has 0 bridgehead atoms. The number of aromatic nitrogens is 2. The average molecular weight is 209 g/mol. The minimum absolute atomic E-state index is 0.233.